The van der Waals surface area contributed by atoms with E-state index in [-0.39, 0.29) is 71.9 Å². The van der Waals surface area contributed by atoms with Gasteiger partial charge in [-0.1, -0.05) is 41.5 Å². The fraction of sp³-hybridized carbons (Fsp3) is 1.00. The highest BCUT2D eigenvalue weighted by Gasteiger charge is 0.936. The number of hydrogen-bond donors (Lipinski definition) is 0. The van der Waals surface area contributed by atoms with Crippen LogP contribution in [0, 0.1) is 0 Å². The summed E-state index contributed by atoms with van der Waals surface area (Å²) in [6.45, 7) is 12.0. The maximum absolute atomic E-state index is 2.00. The smallest absolute Gasteiger partial charge is 0.147 e. The third kappa shape index (κ3) is 315. The molecule has 5 heteroatoms. The predicted octanol–water partition coefficient (Wildman–Crippen LogP) is 1.98. The highest BCUT2D eigenvalue weighted by atomic mass is 35.5. The second kappa shape index (κ2) is 381. The van der Waals surface area contributed by atoms with E-state index in [0.29, 0.717) is 0 Å². The summed E-state index contributed by atoms with van der Waals surface area (Å²) in [6, 6.07) is 0. The molecule has 78 valence electrons. The highest BCUT2D eigenvalue weighted by molar-refractivity contribution is 5.86. The number of hydrogen-bond acceptors (Lipinski definition) is 0. The first kappa shape index (κ1) is 75.7. The van der Waals surface area contributed by atoms with Crippen molar-refractivity contribution >= 4 is 71.9 Å². The predicted molar refractivity (Wildman–Crippen MR) is 75.7 cm³/mol. The lowest BCUT2D eigenvalue weighted by atomic mass is 11.0. The average molecular weight is 260 g/mol. The molecule has 0 fully saturated rings. The van der Waals surface area contributed by atoms with Crippen LogP contribution in [0.3, 0.4) is 0 Å². The van der Waals surface area contributed by atoms with Crippen molar-refractivity contribution in [3.05, 3.63) is 0 Å². The van der Waals surface area contributed by atoms with Crippen molar-refractivity contribution in [2.24, 2.45) is 0 Å². The molecule has 0 aromatic rings. The van der Waals surface area contributed by atoms with Crippen LogP contribution in [0.1, 0.15) is 41.5 Å². The standard InChI is InChI=1S/3C2H6.2Al.3ClH.6H/c3*1-2;;;;;;;;;;;/h3*1-2H3;;;3*1H;;;;;;. The van der Waals surface area contributed by atoms with Gasteiger partial charge in [0, 0.05) is 0 Å². The summed E-state index contributed by atoms with van der Waals surface area (Å²) < 4.78 is 0. The van der Waals surface area contributed by atoms with E-state index in [1.54, 1.807) is 0 Å². The van der Waals surface area contributed by atoms with Gasteiger partial charge in [-0.2, -0.15) is 0 Å². The van der Waals surface area contributed by atoms with E-state index in [2.05, 4.69) is 0 Å². The molecule has 0 heterocycles. The minimum Gasteiger partial charge on any atom is -0.147 e. The Morgan fingerprint density at radius 1 is 0.364 bits per heavy atom. The summed E-state index contributed by atoms with van der Waals surface area (Å²) in [5.41, 5.74) is 0. The van der Waals surface area contributed by atoms with E-state index in [4.69, 9.17) is 0 Å². The van der Waals surface area contributed by atoms with Crippen LogP contribution in [-0.4, -0.2) is 34.7 Å². The van der Waals surface area contributed by atoms with Crippen molar-refractivity contribution in [1.82, 2.24) is 0 Å². The van der Waals surface area contributed by atoms with Crippen molar-refractivity contribution in [2.45, 2.75) is 41.5 Å². The molecule has 0 N–H and O–H groups in total. The average Bonchev–Trinajstić information content (AvgIpc) is 1.81. The van der Waals surface area contributed by atoms with Crippen molar-refractivity contribution in [3.63, 3.8) is 0 Å². The van der Waals surface area contributed by atoms with E-state index >= 15 is 0 Å². The number of halogens is 3. The zero-order valence-electron chi connectivity index (χ0n) is 7.22. The van der Waals surface area contributed by atoms with Gasteiger partial charge in [0.1, 0.15) is 0 Å². The van der Waals surface area contributed by atoms with E-state index in [9.17, 15) is 0 Å². The van der Waals surface area contributed by atoms with Crippen LogP contribution in [0.5, 0.6) is 0 Å². The molecule has 0 atom stereocenters. The topological polar surface area (TPSA) is 0 Å². The molecule has 0 nitrogen and oxygen atoms in total. The van der Waals surface area contributed by atoms with Crippen LogP contribution in [0.15, 0.2) is 0 Å². The van der Waals surface area contributed by atoms with Gasteiger partial charge in [0.05, 0.1) is 0 Å². The monoisotopic (exact) mass is 258 g/mol. The van der Waals surface area contributed by atoms with Crippen LogP contribution >= 0.6 is 37.2 Å². The molecule has 0 saturated carbocycles. The molecular weight excluding hydrogens is 232 g/mol. The summed E-state index contributed by atoms with van der Waals surface area (Å²) in [5, 5.41) is 0. The van der Waals surface area contributed by atoms with Crippen LogP contribution in [-0.2, 0) is 0 Å². The van der Waals surface area contributed by atoms with Crippen LogP contribution in [0.25, 0.3) is 0 Å². The molecule has 0 aliphatic carbocycles. The van der Waals surface area contributed by atoms with Gasteiger partial charge in [-0.05, 0) is 0 Å². The van der Waals surface area contributed by atoms with Gasteiger partial charge >= 0.3 is 0 Å². The summed E-state index contributed by atoms with van der Waals surface area (Å²) in [7, 11) is 0. The van der Waals surface area contributed by atoms with Gasteiger partial charge < -0.3 is 0 Å². The molecule has 0 unspecified atom stereocenters. The van der Waals surface area contributed by atoms with Gasteiger partial charge in [0.2, 0.25) is 0 Å². The van der Waals surface area contributed by atoms with E-state index in [0.717, 1.165) is 0 Å². The molecule has 0 radical (unpaired) electrons. The molecule has 0 aliphatic rings. The summed E-state index contributed by atoms with van der Waals surface area (Å²) >= 11 is 0. The molecule has 11 heavy (non-hydrogen) atoms. The Balaban J connectivity index is -0.00000000167. The third-order valence-corrected chi connectivity index (χ3v) is 0. The Morgan fingerprint density at radius 2 is 0.364 bits per heavy atom. The fourth-order valence-corrected chi connectivity index (χ4v) is 0. The van der Waals surface area contributed by atoms with Crippen molar-refractivity contribution in [1.29, 1.82) is 0 Å². The van der Waals surface area contributed by atoms with Gasteiger partial charge in [0.15, 0.2) is 34.7 Å². The molecule has 0 aromatic carbocycles. The van der Waals surface area contributed by atoms with Crippen molar-refractivity contribution in [2.75, 3.05) is 0 Å². The van der Waals surface area contributed by atoms with Gasteiger partial charge in [-0.25, -0.2) is 0 Å². The Hall–Kier alpha value is 1.93. The lowest BCUT2D eigenvalue weighted by Gasteiger charge is -1.07. The number of rotatable bonds is 0. The first-order valence-electron chi connectivity index (χ1n) is 3.00. The third-order valence-electron chi connectivity index (χ3n) is 0. The molecule has 0 amide bonds. The lowest BCUT2D eigenvalue weighted by molar-refractivity contribution is 1.50. The first-order valence-corrected chi connectivity index (χ1v) is 3.00. The van der Waals surface area contributed by atoms with Gasteiger partial charge in [0.25, 0.3) is 0 Å². The van der Waals surface area contributed by atoms with Gasteiger partial charge in [-0.15, -0.1) is 37.2 Å². The lowest BCUT2D eigenvalue weighted by Crippen LogP contribution is -0.856. The summed E-state index contributed by atoms with van der Waals surface area (Å²) in [6.07, 6.45) is 0. The molecule has 0 aliphatic heterocycles. The maximum Gasteiger partial charge on any atom is 0.187 e. The molecule has 0 bridgehead atoms. The second-order valence-electron chi connectivity index (χ2n) is 0. The molecule has 0 saturated heterocycles. The molecule has 0 spiro atoms. The summed E-state index contributed by atoms with van der Waals surface area (Å²) in [4.78, 5) is 0. The fourth-order valence-electron chi connectivity index (χ4n) is 0. The Kier molecular flexibility index (Phi) is 2620. The summed E-state index contributed by atoms with van der Waals surface area (Å²) in [5.74, 6) is 0. The largest absolute Gasteiger partial charge is 0.187 e. The Morgan fingerprint density at radius 3 is 0.364 bits per heavy atom. The zero-order chi connectivity index (χ0) is 6.00. The van der Waals surface area contributed by atoms with Crippen molar-refractivity contribution in [3.8, 4) is 0 Å². The highest BCUT2D eigenvalue weighted by Crippen LogP contribution is 1.15. The quantitative estimate of drug-likeness (QED) is 0.584. The van der Waals surface area contributed by atoms with Crippen LogP contribution < -0.4 is 0 Å². The molecule has 0 rings (SSSR count). The van der Waals surface area contributed by atoms with E-state index in [1.165, 1.54) is 0 Å². The van der Waals surface area contributed by atoms with E-state index in [1.807, 2.05) is 41.5 Å². The van der Waals surface area contributed by atoms with Crippen LogP contribution in [0.2, 0.25) is 0 Å². The molecule has 0 aromatic heterocycles. The SMILES string of the molecule is CC.CC.CC.Cl.Cl.Cl.[AlH3].[AlH3]. The Labute approximate surface area is 113 Å². The normalized spacial score (nSPS) is 1.64. The minimum atomic E-state index is 0. The first-order chi connectivity index (χ1) is 3.00. The maximum atomic E-state index is 2.00. The van der Waals surface area contributed by atoms with Crippen LogP contribution in [0.4, 0.5) is 0 Å². The van der Waals surface area contributed by atoms with Gasteiger partial charge in [-0.3, -0.25) is 0 Å². The van der Waals surface area contributed by atoms with Crippen molar-refractivity contribution < 1.29 is 0 Å². The minimum absolute atomic E-state index is 0. The zero-order valence-corrected chi connectivity index (χ0v) is 9.67. The second-order valence-corrected chi connectivity index (χ2v) is 0. The molecular formula is C6H27Al2Cl3. The Bertz CT molecular complexity index is 15.8. The van der Waals surface area contributed by atoms with E-state index < -0.39 is 0 Å².